The molecule has 0 spiro atoms. The molecular weight excluding hydrogens is 320 g/mol. The lowest BCUT2D eigenvalue weighted by Crippen LogP contribution is -2.45. The summed E-state index contributed by atoms with van der Waals surface area (Å²) in [6.45, 7) is 4.60. The van der Waals surface area contributed by atoms with Crippen molar-refractivity contribution < 1.29 is 10.2 Å². The van der Waals surface area contributed by atoms with Gasteiger partial charge in [0, 0.05) is 0 Å². The van der Waals surface area contributed by atoms with Gasteiger partial charge in [0.2, 0.25) is 0 Å². The average Bonchev–Trinajstić information content (AvgIpc) is 2.89. The number of phenolic OH excluding ortho intramolecular Hbond substituents is 1. The van der Waals surface area contributed by atoms with Crippen LogP contribution in [0.3, 0.4) is 0 Å². The van der Waals surface area contributed by atoms with Crippen LogP contribution in [-0.2, 0) is 6.42 Å². The molecule has 26 heavy (non-hydrogen) atoms. The molecule has 2 fully saturated rings. The topological polar surface area (TPSA) is 40.5 Å². The van der Waals surface area contributed by atoms with Gasteiger partial charge in [-0.1, -0.05) is 44.9 Å². The van der Waals surface area contributed by atoms with Gasteiger partial charge >= 0.3 is 0 Å². The SMILES string of the molecule is CCCCC=CC1CC(O)[C@@]2(C)CC[C@@H]3c4ccc(O)cc4CC[C@H]3[C@H]12. The van der Waals surface area contributed by atoms with Crippen molar-refractivity contribution in [1.82, 2.24) is 0 Å². The fourth-order valence-corrected chi connectivity index (χ4v) is 6.51. The molecule has 0 radical (unpaired) electrons. The Hall–Kier alpha value is -1.28. The molecule has 2 unspecified atom stereocenters. The number of fused-ring (bicyclic) bond motifs is 5. The van der Waals surface area contributed by atoms with E-state index in [1.165, 1.54) is 43.2 Å². The zero-order chi connectivity index (χ0) is 18.3. The second kappa shape index (κ2) is 7.03. The minimum Gasteiger partial charge on any atom is -0.508 e. The fourth-order valence-electron chi connectivity index (χ4n) is 6.51. The predicted octanol–water partition coefficient (Wildman–Crippen LogP) is 5.58. The van der Waals surface area contributed by atoms with Gasteiger partial charge in [0.05, 0.1) is 6.10 Å². The maximum absolute atomic E-state index is 10.9. The zero-order valence-corrected chi connectivity index (χ0v) is 16.3. The minimum atomic E-state index is -0.157. The van der Waals surface area contributed by atoms with Crippen molar-refractivity contribution in [3.63, 3.8) is 0 Å². The summed E-state index contributed by atoms with van der Waals surface area (Å²) in [4.78, 5) is 0. The second-order valence-corrected chi connectivity index (χ2v) is 9.25. The minimum absolute atomic E-state index is 0.0787. The second-order valence-electron chi connectivity index (χ2n) is 9.25. The van der Waals surface area contributed by atoms with Crippen molar-refractivity contribution in [3.8, 4) is 5.75 Å². The third-order valence-electron chi connectivity index (χ3n) is 7.83. The summed E-state index contributed by atoms with van der Waals surface area (Å²) in [6.07, 6.45) is 13.9. The standard InChI is InChI=1S/C24H34O2/c1-3-4-5-6-7-17-15-22(26)24(2)13-12-20-19-11-9-18(25)14-16(19)8-10-21(20)23(17)24/h6-7,9,11,14,17,20-23,25-26H,3-5,8,10,12-13,15H2,1-2H3/t17?,20-,21-,22?,23+,24-/m1/s1. The molecule has 2 nitrogen and oxygen atoms in total. The highest BCUT2D eigenvalue weighted by Crippen LogP contribution is 2.63. The van der Waals surface area contributed by atoms with E-state index in [2.05, 4.69) is 32.1 Å². The summed E-state index contributed by atoms with van der Waals surface area (Å²) in [6, 6.07) is 6.01. The van der Waals surface area contributed by atoms with Crippen LogP contribution in [0.15, 0.2) is 30.4 Å². The van der Waals surface area contributed by atoms with Gasteiger partial charge < -0.3 is 10.2 Å². The number of aromatic hydroxyl groups is 1. The highest BCUT2D eigenvalue weighted by atomic mass is 16.3. The number of benzene rings is 1. The summed E-state index contributed by atoms with van der Waals surface area (Å²) in [5.41, 5.74) is 2.90. The Morgan fingerprint density at radius 2 is 2.12 bits per heavy atom. The highest BCUT2D eigenvalue weighted by molar-refractivity contribution is 5.40. The summed E-state index contributed by atoms with van der Waals surface area (Å²) in [5.74, 6) is 2.79. The summed E-state index contributed by atoms with van der Waals surface area (Å²) >= 11 is 0. The third kappa shape index (κ3) is 2.91. The first-order valence-corrected chi connectivity index (χ1v) is 10.7. The number of aryl methyl sites for hydroxylation is 1. The highest BCUT2D eigenvalue weighted by Gasteiger charge is 2.57. The number of unbranched alkanes of at least 4 members (excludes halogenated alkanes) is 2. The van der Waals surface area contributed by atoms with Crippen molar-refractivity contribution in [2.24, 2.45) is 23.2 Å². The van der Waals surface area contributed by atoms with Crippen LogP contribution in [0.25, 0.3) is 0 Å². The molecule has 2 heteroatoms. The van der Waals surface area contributed by atoms with Gasteiger partial charge in [0.25, 0.3) is 0 Å². The van der Waals surface area contributed by atoms with Crippen LogP contribution < -0.4 is 0 Å². The van der Waals surface area contributed by atoms with Gasteiger partial charge in [-0.15, -0.1) is 0 Å². The van der Waals surface area contributed by atoms with Gasteiger partial charge in [0.15, 0.2) is 0 Å². The average molecular weight is 355 g/mol. The van der Waals surface area contributed by atoms with E-state index < -0.39 is 0 Å². The van der Waals surface area contributed by atoms with E-state index in [9.17, 15) is 10.2 Å². The molecule has 0 saturated heterocycles. The van der Waals surface area contributed by atoms with Crippen LogP contribution in [0.5, 0.6) is 5.75 Å². The molecule has 0 bridgehead atoms. The molecule has 2 N–H and O–H groups in total. The van der Waals surface area contributed by atoms with Crippen molar-refractivity contribution in [2.45, 2.75) is 77.2 Å². The van der Waals surface area contributed by atoms with Crippen LogP contribution in [-0.4, -0.2) is 16.3 Å². The number of aliphatic hydroxyl groups excluding tert-OH is 1. The number of hydrogen-bond acceptors (Lipinski definition) is 2. The zero-order valence-electron chi connectivity index (χ0n) is 16.3. The Balaban J connectivity index is 1.62. The van der Waals surface area contributed by atoms with Crippen LogP contribution in [0, 0.1) is 23.2 Å². The van der Waals surface area contributed by atoms with Crippen LogP contribution in [0.1, 0.15) is 75.8 Å². The Kier molecular flexibility index (Phi) is 4.90. The first kappa shape index (κ1) is 18.1. The normalized spacial score (nSPS) is 38.8. The maximum Gasteiger partial charge on any atom is 0.115 e. The van der Waals surface area contributed by atoms with Gasteiger partial charge in [-0.3, -0.25) is 0 Å². The first-order valence-electron chi connectivity index (χ1n) is 10.7. The van der Waals surface area contributed by atoms with Crippen LogP contribution >= 0.6 is 0 Å². The van der Waals surface area contributed by atoms with Crippen molar-refractivity contribution in [2.75, 3.05) is 0 Å². The Bertz CT molecular complexity index is 679. The molecule has 1 aromatic rings. The van der Waals surface area contributed by atoms with E-state index in [4.69, 9.17) is 0 Å². The monoisotopic (exact) mass is 354 g/mol. The van der Waals surface area contributed by atoms with Crippen LogP contribution in [0.4, 0.5) is 0 Å². The third-order valence-corrected chi connectivity index (χ3v) is 7.83. The Morgan fingerprint density at radius 3 is 2.92 bits per heavy atom. The van der Waals surface area contributed by atoms with Crippen LogP contribution in [0.2, 0.25) is 0 Å². The summed E-state index contributed by atoms with van der Waals surface area (Å²) in [7, 11) is 0. The summed E-state index contributed by atoms with van der Waals surface area (Å²) in [5, 5.41) is 20.8. The molecule has 3 aliphatic rings. The van der Waals surface area contributed by atoms with Crippen molar-refractivity contribution in [1.29, 1.82) is 0 Å². The maximum atomic E-state index is 10.9. The summed E-state index contributed by atoms with van der Waals surface area (Å²) < 4.78 is 0. The molecular formula is C24H34O2. The smallest absolute Gasteiger partial charge is 0.115 e. The van der Waals surface area contributed by atoms with E-state index in [0.717, 1.165) is 19.3 Å². The molecule has 0 heterocycles. The largest absolute Gasteiger partial charge is 0.508 e. The molecule has 2 saturated carbocycles. The number of phenols is 1. The van der Waals surface area contributed by atoms with Gasteiger partial charge in [-0.2, -0.15) is 0 Å². The van der Waals surface area contributed by atoms with Gasteiger partial charge in [-0.05, 0) is 90.9 Å². The van der Waals surface area contributed by atoms with Gasteiger partial charge in [-0.25, -0.2) is 0 Å². The Morgan fingerprint density at radius 1 is 1.27 bits per heavy atom. The molecule has 6 atom stereocenters. The Labute approximate surface area is 158 Å². The molecule has 3 aliphatic carbocycles. The first-order chi connectivity index (χ1) is 12.5. The van der Waals surface area contributed by atoms with E-state index in [1.807, 2.05) is 12.1 Å². The lowest BCUT2D eigenvalue weighted by atomic mass is 9.54. The van der Waals surface area contributed by atoms with Gasteiger partial charge in [0.1, 0.15) is 5.75 Å². The molecule has 0 aromatic heterocycles. The lowest BCUT2D eigenvalue weighted by Gasteiger charge is -2.51. The molecule has 142 valence electrons. The number of hydrogen-bond donors (Lipinski definition) is 2. The van der Waals surface area contributed by atoms with E-state index in [0.29, 0.717) is 29.4 Å². The number of rotatable bonds is 4. The molecule has 0 amide bonds. The predicted molar refractivity (Wildman–Crippen MR) is 106 cm³/mol. The number of allylic oxidation sites excluding steroid dienone is 2. The van der Waals surface area contributed by atoms with Crippen molar-refractivity contribution >= 4 is 0 Å². The van der Waals surface area contributed by atoms with E-state index in [1.54, 1.807) is 0 Å². The molecule has 0 aliphatic heterocycles. The van der Waals surface area contributed by atoms with E-state index in [-0.39, 0.29) is 11.5 Å². The quantitative estimate of drug-likeness (QED) is 0.547. The number of aliphatic hydroxyl groups is 1. The molecule has 1 aromatic carbocycles. The molecule has 4 rings (SSSR count). The van der Waals surface area contributed by atoms with E-state index >= 15 is 0 Å². The van der Waals surface area contributed by atoms with Crippen molar-refractivity contribution in [3.05, 3.63) is 41.5 Å². The fraction of sp³-hybridized carbons (Fsp3) is 0.667. The lowest BCUT2D eigenvalue weighted by molar-refractivity contribution is -0.0269.